The topological polar surface area (TPSA) is 49.9 Å². The summed E-state index contributed by atoms with van der Waals surface area (Å²) in [6.07, 6.45) is 9.35. The van der Waals surface area contributed by atoms with Crippen molar-refractivity contribution in [3.8, 4) is 5.75 Å². The minimum atomic E-state index is 0.147. The van der Waals surface area contributed by atoms with Crippen LogP contribution in [0.5, 0.6) is 5.75 Å². The second-order valence-corrected chi connectivity index (χ2v) is 9.98. The van der Waals surface area contributed by atoms with Gasteiger partial charge in [0.15, 0.2) is 0 Å². The molecule has 1 fully saturated rings. The number of ether oxygens (including phenoxy) is 1. The number of benzene rings is 1. The van der Waals surface area contributed by atoms with Gasteiger partial charge in [-0.25, -0.2) is 0 Å². The Morgan fingerprint density at radius 1 is 0.906 bits per heavy atom. The van der Waals surface area contributed by atoms with E-state index in [9.17, 15) is 9.59 Å². The van der Waals surface area contributed by atoms with E-state index in [0.29, 0.717) is 19.5 Å². The third kappa shape index (κ3) is 5.71. The van der Waals surface area contributed by atoms with E-state index in [1.165, 1.54) is 36.1 Å². The van der Waals surface area contributed by atoms with Gasteiger partial charge < -0.3 is 14.5 Å². The Hall–Kier alpha value is -2.34. The number of hydrogen-bond donors (Lipinski definition) is 0. The quantitative estimate of drug-likeness (QED) is 0.657. The zero-order chi connectivity index (χ0) is 22.3. The van der Waals surface area contributed by atoms with Gasteiger partial charge in [-0.1, -0.05) is 25.0 Å². The first-order valence-corrected chi connectivity index (χ1v) is 12.8. The average Bonchev–Trinajstić information content (AvgIpc) is 3.03. The van der Waals surface area contributed by atoms with Gasteiger partial charge in [0.05, 0.1) is 12.0 Å². The largest absolute Gasteiger partial charge is 0.497 e. The van der Waals surface area contributed by atoms with Crippen molar-refractivity contribution in [1.82, 2.24) is 9.80 Å². The first-order chi connectivity index (χ1) is 15.6. The van der Waals surface area contributed by atoms with E-state index in [0.717, 1.165) is 55.0 Å². The normalized spacial score (nSPS) is 17.2. The lowest BCUT2D eigenvalue weighted by Crippen LogP contribution is -2.37. The second-order valence-electron chi connectivity index (χ2n) is 8.85. The maximum Gasteiger partial charge on any atom is 0.263 e. The van der Waals surface area contributed by atoms with E-state index in [2.05, 4.69) is 6.07 Å². The molecule has 32 heavy (non-hydrogen) atoms. The molecule has 2 aliphatic rings. The number of rotatable bonds is 5. The molecule has 5 nitrogen and oxygen atoms in total. The molecule has 1 saturated heterocycles. The molecule has 0 unspecified atom stereocenters. The van der Waals surface area contributed by atoms with Crippen LogP contribution in [0.2, 0.25) is 0 Å². The smallest absolute Gasteiger partial charge is 0.263 e. The third-order valence-corrected chi connectivity index (χ3v) is 7.85. The maximum absolute atomic E-state index is 13.2. The number of carbonyl (C=O) groups is 2. The van der Waals surface area contributed by atoms with Gasteiger partial charge in [-0.05, 0) is 67.9 Å². The van der Waals surface area contributed by atoms with Crippen LogP contribution in [0.15, 0.2) is 30.3 Å². The summed E-state index contributed by atoms with van der Waals surface area (Å²) in [4.78, 5) is 32.2. The van der Waals surface area contributed by atoms with Crippen LogP contribution in [0, 0.1) is 0 Å². The average molecular weight is 455 g/mol. The highest BCUT2D eigenvalue weighted by atomic mass is 32.1. The molecule has 1 aromatic carbocycles. The molecule has 0 bridgehead atoms. The summed E-state index contributed by atoms with van der Waals surface area (Å²) < 4.78 is 5.19. The highest BCUT2D eigenvalue weighted by Crippen LogP contribution is 2.29. The van der Waals surface area contributed by atoms with Crippen LogP contribution >= 0.6 is 11.3 Å². The summed E-state index contributed by atoms with van der Waals surface area (Å²) in [5, 5.41) is 0. The molecule has 2 aromatic rings. The van der Waals surface area contributed by atoms with Crippen LogP contribution < -0.4 is 4.74 Å². The Morgan fingerprint density at radius 2 is 1.62 bits per heavy atom. The Kier molecular flexibility index (Phi) is 7.85. The summed E-state index contributed by atoms with van der Waals surface area (Å²) in [5.74, 6) is 1.15. The molecular formula is C26H34N2O3S. The Balaban J connectivity index is 1.30. The van der Waals surface area contributed by atoms with Crippen molar-refractivity contribution < 1.29 is 14.3 Å². The molecule has 1 aliphatic heterocycles. The van der Waals surface area contributed by atoms with Crippen LogP contribution in [0.25, 0.3) is 0 Å². The highest BCUT2D eigenvalue weighted by molar-refractivity contribution is 7.14. The van der Waals surface area contributed by atoms with Gasteiger partial charge in [0.25, 0.3) is 5.91 Å². The van der Waals surface area contributed by atoms with Crippen molar-refractivity contribution >= 4 is 23.2 Å². The molecular weight excluding hydrogens is 420 g/mol. The zero-order valence-corrected chi connectivity index (χ0v) is 19.9. The van der Waals surface area contributed by atoms with Gasteiger partial charge >= 0.3 is 0 Å². The molecule has 6 heteroatoms. The van der Waals surface area contributed by atoms with E-state index < -0.39 is 0 Å². The van der Waals surface area contributed by atoms with Crippen molar-refractivity contribution in [2.24, 2.45) is 0 Å². The molecule has 172 valence electrons. The van der Waals surface area contributed by atoms with Crippen molar-refractivity contribution in [1.29, 1.82) is 0 Å². The monoisotopic (exact) mass is 454 g/mol. The SMILES string of the molecule is COc1ccc(CCC(=O)N2CCCN(C(=O)c3cc4c(s3)CCCCCC4)CC2)cc1. The lowest BCUT2D eigenvalue weighted by atomic mass is 10.00. The van der Waals surface area contributed by atoms with Crippen LogP contribution in [0.1, 0.15) is 64.2 Å². The fourth-order valence-corrected chi connectivity index (χ4v) is 5.90. The van der Waals surface area contributed by atoms with Gasteiger partial charge in [-0.2, -0.15) is 0 Å². The van der Waals surface area contributed by atoms with E-state index in [1.807, 2.05) is 34.1 Å². The molecule has 0 N–H and O–H groups in total. The molecule has 1 aliphatic carbocycles. The van der Waals surface area contributed by atoms with Crippen LogP contribution in [0.4, 0.5) is 0 Å². The highest BCUT2D eigenvalue weighted by Gasteiger charge is 2.25. The lowest BCUT2D eigenvalue weighted by molar-refractivity contribution is -0.131. The zero-order valence-electron chi connectivity index (χ0n) is 19.1. The molecule has 2 heterocycles. The molecule has 0 atom stereocenters. The number of methoxy groups -OCH3 is 1. The van der Waals surface area contributed by atoms with Gasteiger partial charge in [0.2, 0.25) is 5.91 Å². The maximum atomic E-state index is 13.2. The van der Waals surface area contributed by atoms with Gasteiger partial charge in [-0.3, -0.25) is 9.59 Å². The van der Waals surface area contributed by atoms with Crippen molar-refractivity contribution in [3.63, 3.8) is 0 Å². The number of amides is 2. The summed E-state index contributed by atoms with van der Waals surface area (Å²) in [5.41, 5.74) is 2.53. The van der Waals surface area contributed by atoms with Crippen molar-refractivity contribution in [2.45, 2.75) is 57.8 Å². The number of carbonyl (C=O) groups excluding carboxylic acids is 2. The Bertz CT molecular complexity index is 896. The fourth-order valence-electron chi connectivity index (χ4n) is 4.68. The lowest BCUT2D eigenvalue weighted by Gasteiger charge is -2.22. The minimum absolute atomic E-state index is 0.147. The number of aryl methyl sites for hydroxylation is 3. The van der Waals surface area contributed by atoms with E-state index in [-0.39, 0.29) is 11.8 Å². The standard InChI is InChI=1S/C26H34N2O3S/c1-31-22-12-9-20(10-13-22)11-14-25(29)27-15-6-16-28(18-17-27)26(30)24-19-21-7-4-2-3-5-8-23(21)32-24/h9-10,12-13,19H,2-8,11,14-18H2,1H3. The minimum Gasteiger partial charge on any atom is -0.497 e. The molecule has 0 spiro atoms. The van der Waals surface area contributed by atoms with Gasteiger partial charge in [-0.15, -0.1) is 11.3 Å². The van der Waals surface area contributed by atoms with Crippen LogP contribution in [-0.2, 0) is 24.1 Å². The molecule has 2 amide bonds. The third-order valence-electron chi connectivity index (χ3n) is 6.63. The van der Waals surface area contributed by atoms with Gasteiger partial charge in [0.1, 0.15) is 5.75 Å². The Labute approximate surface area is 195 Å². The summed E-state index contributed by atoms with van der Waals surface area (Å²) in [7, 11) is 1.65. The first kappa shape index (κ1) is 22.8. The van der Waals surface area contributed by atoms with Gasteiger partial charge in [0, 0.05) is 37.5 Å². The molecule has 0 saturated carbocycles. The number of nitrogens with zero attached hydrogens (tertiary/aromatic N) is 2. The number of fused-ring (bicyclic) bond motifs is 1. The molecule has 1 aromatic heterocycles. The molecule has 4 rings (SSSR count). The second kappa shape index (κ2) is 11.0. The summed E-state index contributed by atoms with van der Waals surface area (Å²) in [6, 6.07) is 10.0. The van der Waals surface area contributed by atoms with E-state index >= 15 is 0 Å². The van der Waals surface area contributed by atoms with Crippen LogP contribution in [0.3, 0.4) is 0 Å². The van der Waals surface area contributed by atoms with E-state index in [4.69, 9.17) is 4.74 Å². The van der Waals surface area contributed by atoms with E-state index in [1.54, 1.807) is 18.4 Å². The Morgan fingerprint density at radius 3 is 2.41 bits per heavy atom. The van der Waals surface area contributed by atoms with Crippen molar-refractivity contribution in [3.05, 3.63) is 51.2 Å². The van der Waals surface area contributed by atoms with Crippen LogP contribution in [-0.4, -0.2) is 54.9 Å². The summed E-state index contributed by atoms with van der Waals surface area (Å²) in [6.45, 7) is 2.70. The predicted molar refractivity (Wildman–Crippen MR) is 129 cm³/mol. The summed E-state index contributed by atoms with van der Waals surface area (Å²) >= 11 is 1.70. The fraction of sp³-hybridized carbons (Fsp3) is 0.538. The number of hydrogen-bond acceptors (Lipinski definition) is 4. The first-order valence-electron chi connectivity index (χ1n) is 12.0. The predicted octanol–water partition coefficient (Wildman–Crippen LogP) is 4.72. The molecule has 0 radical (unpaired) electrons. The van der Waals surface area contributed by atoms with Crippen molar-refractivity contribution in [2.75, 3.05) is 33.3 Å². The number of thiophene rings is 1.